The van der Waals surface area contributed by atoms with Crippen LogP contribution in [0.5, 0.6) is 5.75 Å². The normalized spacial score (nSPS) is 12.9. The molecule has 1 aromatic rings. The average molecular weight is 234 g/mol. The maximum Gasteiger partial charge on any atom is 0.142 e. The smallest absolute Gasteiger partial charge is 0.142 e. The van der Waals surface area contributed by atoms with Gasteiger partial charge in [-0.15, -0.1) is 0 Å². The van der Waals surface area contributed by atoms with Crippen LogP contribution in [0.2, 0.25) is 0 Å². The highest BCUT2D eigenvalue weighted by atomic mass is 16.5. The fourth-order valence-corrected chi connectivity index (χ4v) is 1.17. The van der Waals surface area contributed by atoms with Crippen LogP contribution >= 0.6 is 0 Å². The lowest BCUT2D eigenvalue weighted by atomic mass is 9.90. The Labute approximate surface area is 102 Å². The zero-order chi connectivity index (χ0) is 13.1. The number of hydrogen-bond donors (Lipinski definition) is 2. The van der Waals surface area contributed by atoms with Crippen molar-refractivity contribution in [3.8, 4) is 11.8 Å². The molecule has 0 aliphatic heterocycles. The molecule has 1 aromatic carbocycles. The summed E-state index contributed by atoms with van der Waals surface area (Å²) in [4.78, 5) is 0. The summed E-state index contributed by atoms with van der Waals surface area (Å²) < 4.78 is 5.44. The summed E-state index contributed by atoms with van der Waals surface area (Å²) in [6.07, 6.45) is -0.572. The van der Waals surface area contributed by atoms with Crippen molar-refractivity contribution in [2.75, 3.05) is 12.3 Å². The lowest BCUT2D eigenvalue weighted by molar-refractivity contribution is 0.0220. The molecule has 0 fully saturated rings. The van der Waals surface area contributed by atoms with E-state index in [-0.39, 0.29) is 12.0 Å². The van der Waals surface area contributed by atoms with Gasteiger partial charge in [-0.1, -0.05) is 20.8 Å². The van der Waals surface area contributed by atoms with Crippen molar-refractivity contribution >= 4 is 5.69 Å². The van der Waals surface area contributed by atoms with Crippen molar-refractivity contribution < 1.29 is 9.84 Å². The SMILES string of the molecule is CC(C)(C)C(O)COc1ccc(C#N)cc1N. The van der Waals surface area contributed by atoms with Crippen molar-refractivity contribution in [3.05, 3.63) is 23.8 Å². The average Bonchev–Trinajstić information content (AvgIpc) is 2.25. The molecule has 3 N–H and O–H groups in total. The van der Waals surface area contributed by atoms with Gasteiger partial charge in [-0.25, -0.2) is 0 Å². The zero-order valence-electron chi connectivity index (χ0n) is 10.4. The maximum atomic E-state index is 9.82. The molecule has 0 aliphatic carbocycles. The number of hydrogen-bond acceptors (Lipinski definition) is 4. The molecule has 0 heterocycles. The highest BCUT2D eigenvalue weighted by Gasteiger charge is 2.22. The Morgan fingerprint density at radius 1 is 1.47 bits per heavy atom. The third-order valence-electron chi connectivity index (χ3n) is 2.54. The second kappa shape index (κ2) is 5.07. The Morgan fingerprint density at radius 3 is 2.59 bits per heavy atom. The Hall–Kier alpha value is -1.73. The van der Waals surface area contributed by atoms with Crippen molar-refractivity contribution in [2.24, 2.45) is 5.41 Å². The minimum atomic E-state index is -0.572. The zero-order valence-corrected chi connectivity index (χ0v) is 10.4. The molecule has 17 heavy (non-hydrogen) atoms. The maximum absolute atomic E-state index is 9.82. The predicted molar refractivity (Wildman–Crippen MR) is 66.5 cm³/mol. The topological polar surface area (TPSA) is 79.3 Å². The molecule has 0 saturated heterocycles. The van der Waals surface area contributed by atoms with Crippen LogP contribution in [0.4, 0.5) is 5.69 Å². The Balaban J connectivity index is 2.68. The van der Waals surface area contributed by atoms with Gasteiger partial charge in [-0.05, 0) is 23.6 Å². The van der Waals surface area contributed by atoms with Gasteiger partial charge in [0.2, 0.25) is 0 Å². The molecular formula is C13H18N2O2. The minimum Gasteiger partial charge on any atom is -0.489 e. The summed E-state index contributed by atoms with van der Waals surface area (Å²) in [7, 11) is 0. The van der Waals surface area contributed by atoms with Gasteiger partial charge in [0, 0.05) is 0 Å². The van der Waals surface area contributed by atoms with Crippen molar-refractivity contribution in [3.63, 3.8) is 0 Å². The number of anilines is 1. The first-order chi connectivity index (χ1) is 7.84. The van der Waals surface area contributed by atoms with Crippen LogP contribution in [-0.4, -0.2) is 17.8 Å². The van der Waals surface area contributed by atoms with Crippen LogP contribution in [0.25, 0.3) is 0 Å². The van der Waals surface area contributed by atoms with Crippen LogP contribution in [0.15, 0.2) is 18.2 Å². The quantitative estimate of drug-likeness (QED) is 0.783. The summed E-state index contributed by atoms with van der Waals surface area (Å²) in [5, 5.41) is 18.5. The van der Waals surface area contributed by atoms with Crippen LogP contribution in [0, 0.1) is 16.7 Å². The van der Waals surface area contributed by atoms with Crippen LogP contribution in [-0.2, 0) is 0 Å². The molecule has 4 nitrogen and oxygen atoms in total. The molecule has 0 aromatic heterocycles. The molecule has 0 spiro atoms. The molecular weight excluding hydrogens is 216 g/mol. The standard InChI is InChI=1S/C13H18N2O2/c1-13(2,3)12(16)8-17-11-5-4-9(7-14)6-10(11)15/h4-6,12,16H,8,15H2,1-3H3. The predicted octanol–water partition coefficient (Wildman–Crippen LogP) is 1.93. The lowest BCUT2D eigenvalue weighted by Gasteiger charge is -2.25. The van der Waals surface area contributed by atoms with Crippen molar-refractivity contribution in [1.29, 1.82) is 5.26 Å². The molecule has 1 rings (SSSR count). The van der Waals surface area contributed by atoms with E-state index in [0.29, 0.717) is 17.0 Å². The second-order valence-corrected chi connectivity index (χ2v) is 5.06. The monoisotopic (exact) mass is 234 g/mol. The van der Waals surface area contributed by atoms with Gasteiger partial charge in [-0.2, -0.15) is 5.26 Å². The molecule has 0 aliphatic rings. The molecule has 0 bridgehead atoms. The van der Waals surface area contributed by atoms with Crippen LogP contribution in [0.3, 0.4) is 0 Å². The lowest BCUT2D eigenvalue weighted by Crippen LogP contribution is -2.32. The summed E-state index contributed by atoms with van der Waals surface area (Å²) >= 11 is 0. The van der Waals surface area contributed by atoms with Gasteiger partial charge in [0.25, 0.3) is 0 Å². The number of benzene rings is 1. The van der Waals surface area contributed by atoms with E-state index in [1.807, 2.05) is 26.8 Å². The van der Waals surface area contributed by atoms with Gasteiger partial charge >= 0.3 is 0 Å². The van der Waals surface area contributed by atoms with E-state index in [1.54, 1.807) is 18.2 Å². The van der Waals surface area contributed by atoms with Gasteiger partial charge in [0.05, 0.1) is 23.4 Å². The van der Waals surface area contributed by atoms with Gasteiger partial charge in [-0.3, -0.25) is 0 Å². The summed E-state index contributed by atoms with van der Waals surface area (Å²) in [5.74, 6) is 0.493. The van der Waals surface area contributed by atoms with E-state index < -0.39 is 6.10 Å². The number of aliphatic hydroxyl groups excluding tert-OH is 1. The summed E-state index contributed by atoms with van der Waals surface area (Å²) in [6, 6.07) is 6.83. The molecule has 0 amide bonds. The molecule has 1 atom stereocenters. The summed E-state index contributed by atoms with van der Waals surface area (Å²) in [5.41, 5.74) is 6.40. The van der Waals surface area contributed by atoms with E-state index in [4.69, 9.17) is 15.7 Å². The number of nitrogens with zero attached hydrogens (tertiary/aromatic N) is 1. The van der Waals surface area contributed by atoms with Crippen molar-refractivity contribution in [1.82, 2.24) is 0 Å². The highest BCUT2D eigenvalue weighted by molar-refractivity contribution is 5.56. The van der Waals surface area contributed by atoms with E-state index in [1.165, 1.54) is 0 Å². The number of nitrogen functional groups attached to an aromatic ring is 1. The summed E-state index contributed by atoms with van der Waals surface area (Å²) in [6.45, 7) is 5.98. The second-order valence-electron chi connectivity index (χ2n) is 5.06. The fraction of sp³-hybridized carbons (Fsp3) is 0.462. The Morgan fingerprint density at radius 2 is 2.12 bits per heavy atom. The van der Waals surface area contributed by atoms with E-state index >= 15 is 0 Å². The van der Waals surface area contributed by atoms with E-state index in [9.17, 15) is 5.11 Å². The molecule has 0 saturated carbocycles. The number of rotatable bonds is 3. The fourth-order valence-electron chi connectivity index (χ4n) is 1.17. The largest absolute Gasteiger partial charge is 0.489 e. The molecule has 92 valence electrons. The van der Waals surface area contributed by atoms with Crippen LogP contribution in [0.1, 0.15) is 26.3 Å². The Bertz CT molecular complexity index is 430. The highest BCUT2D eigenvalue weighted by Crippen LogP contribution is 2.24. The first-order valence-corrected chi connectivity index (χ1v) is 5.45. The first kappa shape index (κ1) is 13.3. The third-order valence-corrected chi connectivity index (χ3v) is 2.54. The van der Waals surface area contributed by atoms with E-state index in [2.05, 4.69) is 0 Å². The van der Waals surface area contributed by atoms with Gasteiger partial charge < -0.3 is 15.6 Å². The van der Waals surface area contributed by atoms with Gasteiger partial charge in [0.15, 0.2) is 0 Å². The molecule has 4 heteroatoms. The molecule has 1 unspecified atom stereocenters. The number of nitrogens with two attached hydrogens (primary N) is 1. The van der Waals surface area contributed by atoms with E-state index in [0.717, 1.165) is 0 Å². The third kappa shape index (κ3) is 3.65. The Kier molecular flexibility index (Phi) is 3.97. The van der Waals surface area contributed by atoms with Gasteiger partial charge in [0.1, 0.15) is 12.4 Å². The number of aliphatic hydroxyl groups is 1. The first-order valence-electron chi connectivity index (χ1n) is 5.45. The van der Waals surface area contributed by atoms with Crippen LogP contribution < -0.4 is 10.5 Å². The minimum absolute atomic E-state index is 0.180. The van der Waals surface area contributed by atoms with Crippen molar-refractivity contribution in [2.45, 2.75) is 26.9 Å². The molecule has 0 radical (unpaired) electrons. The number of nitriles is 1. The number of ether oxygens (including phenoxy) is 1.